The average molecular weight is 216 g/mol. The minimum Gasteiger partial charge on any atom is -0.512 e. The number of rotatable bonds is 2. The first-order valence-corrected chi connectivity index (χ1v) is 5.07. The van der Waals surface area contributed by atoms with Crippen LogP contribution in [0.15, 0.2) is 36.9 Å². The van der Waals surface area contributed by atoms with Crippen LogP contribution < -0.4 is 10.4 Å². The van der Waals surface area contributed by atoms with Crippen LogP contribution in [0.5, 0.6) is 0 Å². The van der Waals surface area contributed by atoms with Gasteiger partial charge in [0.25, 0.3) is 0 Å². The third-order valence-corrected chi connectivity index (χ3v) is 2.52. The number of carbonyl (C=O) groups is 1. The van der Waals surface area contributed by atoms with Crippen molar-refractivity contribution in [2.24, 2.45) is 0 Å². The van der Waals surface area contributed by atoms with Gasteiger partial charge in [0.15, 0.2) is 0 Å². The second kappa shape index (κ2) is 4.23. The van der Waals surface area contributed by atoms with E-state index in [1.807, 2.05) is 24.3 Å². The number of carbonyl (C=O) groups excluding carboxylic acids is 1. The molecule has 16 heavy (non-hydrogen) atoms. The maximum absolute atomic E-state index is 11.1. The summed E-state index contributed by atoms with van der Waals surface area (Å²) in [6.45, 7) is 3.35. The molecule has 0 aliphatic heterocycles. The summed E-state index contributed by atoms with van der Waals surface area (Å²) in [5.74, 6) is 0.471. The average Bonchev–Trinajstić information content (AvgIpc) is 2.33. The largest absolute Gasteiger partial charge is 0.512 e. The van der Waals surface area contributed by atoms with Crippen molar-refractivity contribution in [3.05, 3.63) is 47.4 Å². The molecular formula is C13H12O3. The Balaban J connectivity index is 2.60. The highest BCUT2D eigenvalue weighted by Gasteiger charge is 2.12. The van der Waals surface area contributed by atoms with Crippen LogP contribution >= 0.6 is 0 Å². The van der Waals surface area contributed by atoms with Gasteiger partial charge >= 0.3 is 5.97 Å². The third-order valence-electron chi connectivity index (χ3n) is 2.52. The van der Waals surface area contributed by atoms with E-state index in [-0.39, 0.29) is 0 Å². The molecule has 1 aliphatic rings. The zero-order valence-corrected chi connectivity index (χ0v) is 8.77. The van der Waals surface area contributed by atoms with Crippen LogP contribution in [0.2, 0.25) is 0 Å². The van der Waals surface area contributed by atoms with E-state index < -0.39 is 5.97 Å². The quantitative estimate of drug-likeness (QED) is 0.592. The Bertz CT molecular complexity index is 555. The SMILES string of the molecule is C=CC(=O)OC1=c2ccccc2=C(O)CC1. The Morgan fingerprint density at radius 3 is 2.69 bits per heavy atom. The number of benzene rings is 1. The molecule has 82 valence electrons. The van der Waals surface area contributed by atoms with E-state index in [1.54, 1.807) is 0 Å². The smallest absolute Gasteiger partial charge is 0.335 e. The summed E-state index contributed by atoms with van der Waals surface area (Å²) >= 11 is 0. The number of fused-ring (bicyclic) bond motifs is 1. The Morgan fingerprint density at radius 2 is 2.00 bits per heavy atom. The standard InChI is InChI=1S/C13H12O3/c1-2-13(15)16-12-8-7-11(14)9-5-3-4-6-10(9)12/h2-6,14H,1,7-8H2. The summed E-state index contributed by atoms with van der Waals surface area (Å²) < 4.78 is 5.15. The lowest BCUT2D eigenvalue weighted by Crippen LogP contribution is -2.33. The molecule has 0 aromatic heterocycles. The van der Waals surface area contributed by atoms with Crippen molar-refractivity contribution in [2.45, 2.75) is 12.8 Å². The Kier molecular flexibility index (Phi) is 2.77. The van der Waals surface area contributed by atoms with Gasteiger partial charge in [0, 0.05) is 29.4 Å². The van der Waals surface area contributed by atoms with Crippen LogP contribution in [-0.2, 0) is 9.53 Å². The fourth-order valence-electron chi connectivity index (χ4n) is 1.75. The zero-order chi connectivity index (χ0) is 11.5. The van der Waals surface area contributed by atoms with Gasteiger partial charge in [0.05, 0.1) is 0 Å². The van der Waals surface area contributed by atoms with E-state index in [0.717, 1.165) is 16.5 Å². The molecular weight excluding hydrogens is 204 g/mol. The highest BCUT2D eigenvalue weighted by atomic mass is 16.5. The topological polar surface area (TPSA) is 46.5 Å². The Morgan fingerprint density at radius 1 is 1.31 bits per heavy atom. The first kappa shape index (κ1) is 10.5. The number of aliphatic hydroxyl groups is 1. The highest BCUT2D eigenvalue weighted by Crippen LogP contribution is 2.13. The molecule has 0 unspecified atom stereocenters. The first-order chi connectivity index (χ1) is 7.72. The van der Waals surface area contributed by atoms with Crippen molar-refractivity contribution < 1.29 is 14.6 Å². The van der Waals surface area contributed by atoms with Gasteiger partial charge in [0.2, 0.25) is 0 Å². The van der Waals surface area contributed by atoms with Gasteiger partial charge in [0.1, 0.15) is 11.5 Å². The second-order valence-corrected chi connectivity index (χ2v) is 3.54. The van der Waals surface area contributed by atoms with Crippen molar-refractivity contribution in [1.82, 2.24) is 0 Å². The zero-order valence-electron chi connectivity index (χ0n) is 8.77. The normalized spacial score (nSPS) is 14.2. The minimum absolute atomic E-state index is 0.342. The van der Waals surface area contributed by atoms with Crippen LogP contribution in [0.3, 0.4) is 0 Å². The Labute approximate surface area is 93.0 Å². The predicted molar refractivity (Wildman–Crippen MR) is 60.7 cm³/mol. The number of hydrogen-bond acceptors (Lipinski definition) is 3. The van der Waals surface area contributed by atoms with E-state index in [4.69, 9.17) is 4.74 Å². The summed E-state index contributed by atoms with van der Waals surface area (Å²) in [5, 5.41) is 11.2. The highest BCUT2D eigenvalue weighted by molar-refractivity contribution is 5.84. The molecule has 0 saturated carbocycles. The van der Waals surface area contributed by atoms with Crippen LogP contribution in [-0.4, -0.2) is 11.1 Å². The lowest BCUT2D eigenvalue weighted by Gasteiger charge is -2.12. The summed E-state index contributed by atoms with van der Waals surface area (Å²) in [6, 6.07) is 7.33. The molecule has 1 N–H and O–H groups in total. The van der Waals surface area contributed by atoms with E-state index in [0.29, 0.717) is 24.4 Å². The lowest BCUT2D eigenvalue weighted by atomic mass is 10.0. The molecule has 0 heterocycles. The van der Waals surface area contributed by atoms with Gasteiger partial charge in [-0.25, -0.2) is 4.79 Å². The molecule has 0 atom stereocenters. The maximum Gasteiger partial charge on any atom is 0.335 e. The van der Waals surface area contributed by atoms with Crippen molar-refractivity contribution in [3.8, 4) is 0 Å². The van der Waals surface area contributed by atoms with Gasteiger partial charge < -0.3 is 9.84 Å². The van der Waals surface area contributed by atoms with Crippen LogP contribution in [0.1, 0.15) is 12.8 Å². The number of aliphatic hydroxyl groups excluding tert-OH is 1. The van der Waals surface area contributed by atoms with Crippen LogP contribution in [0, 0.1) is 0 Å². The summed E-state index contributed by atoms with van der Waals surface area (Å²) in [5.41, 5.74) is 0. The van der Waals surface area contributed by atoms with Gasteiger partial charge in [-0.2, -0.15) is 0 Å². The van der Waals surface area contributed by atoms with Crippen molar-refractivity contribution in [1.29, 1.82) is 0 Å². The van der Waals surface area contributed by atoms with Gasteiger partial charge in [-0.05, 0) is 0 Å². The van der Waals surface area contributed by atoms with Gasteiger partial charge in [-0.15, -0.1) is 0 Å². The summed E-state index contributed by atoms with van der Waals surface area (Å²) in [4.78, 5) is 11.1. The lowest BCUT2D eigenvalue weighted by molar-refractivity contribution is -0.131. The van der Waals surface area contributed by atoms with Gasteiger partial charge in [-0.3, -0.25) is 0 Å². The molecule has 1 aromatic carbocycles. The third kappa shape index (κ3) is 1.84. The number of hydrogen-bond donors (Lipinski definition) is 1. The molecule has 0 spiro atoms. The Hall–Kier alpha value is -2.03. The molecule has 0 fully saturated rings. The molecule has 1 aliphatic carbocycles. The molecule has 2 rings (SSSR count). The number of esters is 1. The molecule has 0 saturated heterocycles. The fraction of sp³-hybridized carbons (Fsp3) is 0.154. The van der Waals surface area contributed by atoms with Gasteiger partial charge in [-0.1, -0.05) is 30.8 Å². The maximum atomic E-state index is 11.1. The first-order valence-electron chi connectivity index (χ1n) is 5.07. The summed E-state index contributed by atoms with van der Waals surface area (Å²) in [6.07, 6.45) is 2.16. The van der Waals surface area contributed by atoms with E-state index >= 15 is 0 Å². The van der Waals surface area contributed by atoms with Crippen molar-refractivity contribution in [2.75, 3.05) is 0 Å². The van der Waals surface area contributed by atoms with Crippen molar-refractivity contribution in [3.63, 3.8) is 0 Å². The van der Waals surface area contributed by atoms with Crippen LogP contribution in [0.4, 0.5) is 0 Å². The number of ether oxygens (including phenoxy) is 1. The fourth-order valence-corrected chi connectivity index (χ4v) is 1.75. The molecule has 1 aromatic rings. The molecule has 3 nitrogen and oxygen atoms in total. The predicted octanol–water partition coefficient (Wildman–Crippen LogP) is 0.984. The van der Waals surface area contributed by atoms with E-state index in [1.165, 1.54) is 0 Å². The van der Waals surface area contributed by atoms with E-state index in [9.17, 15) is 9.90 Å². The second-order valence-electron chi connectivity index (χ2n) is 3.54. The molecule has 3 heteroatoms. The summed E-state index contributed by atoms with van der Waals surface area (Å²) in [7, 11) is 0. The molecule has 0 bridgehead atoms. The monoisotopic (exact) mass is 216 g/mol. The van der Waals surface area contributed by atoms with Crippen molar-refractivity contribution >= 4 is 17.5 Å². The molecule has 0 radical (unpaired) electrons. The minimum atomic E-state index is -0.466. The molecule has 0 amide bonds. The van der Waals surface area contributed by atoms with Crippen LogP contribution in [0.25, 0.3) is 11.5 Å². The van der Waals surface area contributed by atoms with E-state index in [2.05, 4.69) is 6.58 Å².